The molecule has 1 aromatic heterocycles. The van der Waals surface area contributed by atoms with Gasteiger partial charge in [-0.05, 0) is 97.7 Å². The molecule has 280 valence electrons. The van der Waals surface area contributed by atoms with Crippen molar-refractivity contribution in [1.29, 1.82) is 0 Å². The number of aliphatic hydroxyl groups excluding tert-OH is 1. The second-order valence-electron chi connectivity index (χ2n) is 13.1. The number of ether oxygens (including phenoxy) is 2. The topological polar surface area (TPSA) is 115 Å². The summed E-state index contributed by atoms with van der Waals surface area (Å²) in [6.45, 7) is 27.7. The first-order valence-electron chi connectivity index (χ1n) is 17.0. The van der Waals surface area contributed by atoms with Crippen LogP contribution in [0.25, 0.3) is 22.8 Å². The average Bonchev–Trinajstić information content (AvgIpc) is 3.51. The summed E-state index contributed by atoms with van der Waals surface area (Å²) in [6, 6.07) is 13.4. The highest BCUT2D eigenvalue weighted by molar-refractivity contribution is 6.32. The molecule has 0 radical (unpaired) electrons. The zero-order chi connectivity index (χ0) is 38.6. The summed E-state index contributed by atoms with van der Waals surface area (Å²) in [6.07, 6.45) is 4.25. The van der Waals surface area contributed by atoms with Gasteiger partial charge in [-0.25, -0.2) is 0 Å². The molecule has 2 aromatic carbocycles. The first-order valence-corrected chi connectivity index (χ1v) is 17.3. The van der Waals surface area contributed by atoms with E-state index < -0.39 is 0 Å². The smallest absolute Gasteiger partial charge is 0.258 e. The molecular weight excluding hydrogens is 642 g/mol. The molecule has 0 aliphatic heterocycles. The van der Waals surface area contributed by atoms with Crippen LogP contribution >= 0.6 is 11.6 Å². The molecule has 9 nitrogen and oxygen atoms in total. The molecule has 3 aromatic rings. The summed E-state index contributed by atoms with van der Waals surface area (Å²) in [4.78, 5) is 25.5. The molecule has 1 heterocycles. The van der Waals surface area contributed by atoms with Crippen molar-refractivity contribution in [2.24, 2.45) is 5.41 Å². The molecule has 10 heteroatoms. The maximum atomic E-state index is 9.73. The summed E-state index contributed by atoms with van der Waals surface area (Å²) in [5, 5.41) is 12.1. The molecule has 1 N–H and O–H groups in total. The van der Waals surface area contributed by atoms with Gasteiger partial charge in [0, 0.05) is 24.8 Å². The Morgan fingerprint density at radius 3 is 1.76 bits per heavy atom. The van der Waals surface area contributed by atoms with Crippen molar-refractivity contribution >= 4 is 24.2 Å². The van der Waals surface area contributed by atoms with Gasteiger partial charge in [-0.2, -0.15) is 4.98 Å². The van der Waals surface area contributed by atoms with Crippen molar-refractivity contribution in [3.8, 4) is 28.6 Å². The summed E-state index contributed by atoms with van der Waals surface area (Å²) in [5.74, 6) is 1.63. The number of aliphatic hydroxyl groups is 1. The Bertz CT molecular complexity index is 1220. The molecule has 0 saturated heterocycles. The number of aromatic nitrogens is 2. The van der Waals surface area contributed by atoms with Gasteiger partial charge in [0.05, 0.1) is 29.8 Å². The number of halogens is 1. The van der Waals surface area contributed by atoms with E-state index in [1.165, 1.54) is 18.4 Å². The van der Waals surface area contributed by atoms with Crippen molar-refractivity contribution in [2.45, 2.75) is 115 Å². The molecule has 0 saturated carbocycles. The highest BCUT2D eigenvalue weighted by Gasteiger charge is 2.13. The standard InChI is InChI=1S/C18H17ClN2O2.C7H16.C5H9NO2.C5H12O.C2H6O.C2H6/c1-11(2)22-16-9-8-14(10-15(16)19)17-20-18(23-21-17)13-6-4-12(3)5-7-13;1-5-6-7(2,3)4;1-6(2-4-7)3-5-8;1-5(2,3)6-4;1-2-3;1-2/h4-11H,1-3H3;5-6H2,1-4H3;4-5H,2-3H2,1H3;1-4H3;3H,2H2,1H3;1-2H3. The summed E-state index contributed by atoms with van der Waals surface area (Å²) in [7, 11) is 3.42. The quantitative estimate of drug-likeness (QED) is 0.217. The van der Waals surface area contributed by atoms with Gasteiger partial charge in [0.15, 0.2) is 0 Å². The molecule has 0 unspecified atom stereocenters. The van der Waals surface area contributed by atoms with Gasteiger partial charge in [-0.1, -0.05) is 82.4 Å². The van der Waals surface area contributed by atoms with E-state index in [-0.39, 0.29) is 18.3 Å². The molecule has 0 bridgehead atoms. The number of carbonyl (C=O) groups excluding carboxylic acids is 2. The molecule has 49 heavy (non-hydrogen) atoms. The van der Waals surface area contributed by atoms with Gasteiger partial charge in [0.1, 0.15) is 18.3 Å². The Morgan fingerprint density at radius 1 is 0.939 bits per heavy atom. The lowest BCUT2D eigenvalue weighted by molar-refractivity contribution is -0.110. The first kappa shape index (κ1) is 50.3. The van der Waals surface area contributed by atoms with Crippen molar-refractivity contribution in [3.05, 3.63) is 53.1 Å². The lowest BCUT2D eigenvalue weighted by atomic mass is 9.91. The van der Waals surface area contributed by atoms with Gasteiger partial charge in [-0.15, -0.1) is 0 Å². The Morgan fingerprint density at radius 2 is 1.41 bits per heavy atom. The Labute approximate surface area is 302 Å². The van der Waals surface area contributed by atoms with E-state index in [9.17, 15) is 9.59 Å². The minimum Gasteiger partial charge on any atom is -0.489 e. The second kappa shape index (κ2) is 28.7. The lowest BCUT2D eigenvalue weighted by Gasteiger charge is -2.15. The van der Waals surface area contributed by atoms with Crippen LogP contribution in [0.5, 0.6) is 5.75 Å². The van der Waals surface area contributed by atoms with Gasteiger partial charge in [0.25, 0.3) is 5.89 Å². The number of carbonyl (C=O) groups is 2. The lowest BCUT2D eigenvalue weighted by Crippen LogP contribution is -2.22. The average molecular weight is 708 g/mol. The SMILES string of the molecule is CC.CCCC(C)(C)C.CCO.CN(CC=O)CC=O.COC(C)(C)C.Cc1ccc(-c2nc(-c3ccc(OC(C)C)c(Cl)c3)no2)cc1. The minimum atomic E-state index is 0.0417. The maximum Gasteiger partial charge on any atom is 0.258 e. The third-order valence-electron chi connectivity index (χ3n) is 5.66. The van der Waals surface area contributed by atoms with Crippen molar-refractivity contribution in [2.75, 3.05) is 33.9 Å². The van der Waals surface area contributed by atoms with Gasteiger partial charge in [-0.3, -0.25) is 4.90 Å². The van der Waals surface area contributed by atoms with Crippen LogP contribution in [-0.4, -0.2) is 78.3 Å². The number of nitrogens with zero attached hydrogens (tertiary/aromatic N) is 3. The fourth-order valence-corrected chi connectivity index (χ4v) is 3.45. The Hall–Kier alpha value is -3.11. The predicted molar refractivity (Wildman–Crippen MR) is 206 cm³/mol. The molecule has 0 amide bonds. The van der Waals surface area contributed by atoms with Crippen LogP contribution in [0.1, 0.15) is 101 Å². The number of benzene rings is 2. The predicted octanol–water partition coefficient (Wildman–Crippen LogP) is 9.76. The molecular formula is C39H66ClN3O6. The zero-order valence-electron chi connectivity index (χ0n) is 33.0. The van der Waals surface area contributed by atoms with Crippen LogP contribution < -0.4 is 4.74 Å². The monoisotopic (exact) mass is 707 g/mol. The van der Waals surface area contributed by atoms with Crippen molar-refractivity contribution in [1.82, 2.24) is 15.0 Å². The number of hydrogen-bond acceptors (Lipinski definition) is 9. The fourth-order valence-electron chi connectivity index (χ4n) is 3.22. The highest BCUT2D eigenvalue weighted by Crippen LogP contribution is 2.31. The van der Waals surface area contributed by atoms with E-state index in [4.69, 9.17) is 30.7 Å². The normalized spacial score (nSPS) is 10.3. The summed E-state index contributed by atoms with van der Waals surface area (Å²) in [5.41, 5.74) is 3.45. The van der Waals surface area contributed by atoms with E-state index in [2.05, 4.69) is 37.8 Å². The van der Waals surface area contributed by atoms with E-state index >= 15 is 0 Å². The van der Waals surface area contributed by atoms with Crippen molar-refractivity contribution in [3.63, 3.8) is 0 Å². The molecule has 0 spiro atoms. The second-order valence-corrected chi connectivity index (χ2v) is 13.5. The van der Waals surface area contributed by atoms with E-state index in [1.807, 2.05) is 91.8 Å². The summed E-state index contributed by atoms with van der Waals surface area (Å²) < 4.78 is 15.9. The zero-order valence-corrected chi connectivity index (χ0v) is 33.8. The fraction of sp³-hybridized carbons (Fsp3) is 0.590. The maximum absolute atomic E-state index is 9.73. The highest BCUT2D eigenvalue weighted by atomic mass is 35.5. The van der Waals surface area contributed by atoms with Crippen molar-refractivity contribution < 1.29 is 28.7 Å². The third-order valence-corrected chi connectivity index (χ3v) is 5.96. The summed E-state index contributed by atoms with van der Waals surface area (Å²) >= 11 is 6.25. The Kier molecular flexibility index (Phi) is 29.4. The van der Waals surface area contributed by atoms with Crippen LogP contribution in [0.4, 0.5) is 0 Å². The number of likely N-dealkylation sites (N-methyl/N-ethyl adjacent to an activating group) is 1. The van der Waals surface area contributed by atoms with Crippen LogP contribution in [0.15, 0.2) is 47.0 Å². The van der Waals surface area contributed by atoms with Crippen LogP contribution in [-0.2, 0) is 14.3 Å². The molecule has 0 aliphatic carbocycles. The number of aldehydes is 2. The van der Waals surface area contributed by atoms with E-state index in [0.717, 1.165) is 23.7 Å². The molecule has 0 aliphatic rings. The number of aryl methyl sites for hydroxylation is 1. The largest absolute Gasteiger partial charge is 0.489 e. The molecule has 0 atom stereocenters. The number of hydrogen-bond donors (Lipinski definition) is 1. The van der Waals surface area contributed by atoms with E-state index in [1.54, 1.807) is 32.0 Å². The number of methoxy groups -OCH3 is 1. The minimum absolute atomic E-state index is 0.0417. The van der Waals surface area contributed by atoms with Crippen LogP contribution in [0.3, 0.4) is 0 Å². The first-order chi connectivity index (χ1) is 22.9. The van der Waals surface area contributed by atoms with E-state index in [0.29, 0.717) is 41.0 Å². The van der Waals surface area contributed by atoms with Gasteiger partial charge < -0.3 is 28.7 Å². The molecule has 3 rings (SSSR count). The van der Waals surface area contributed by atoms with Gasteiger partial charge >= 0.3 is 0 Å². The van der Waals surface area contributed by atoms with Crippen LogP contribution in [0.2, 0.25) is 5.02 Å². The van der Waals surface area contributed by atoms with Crippen LogP contribution in [0, 0.1) is 12.3 Å². The Balaban J connectivity index is -0.000000670. The number of rotatable bonds is 9. The molecule has 0 fully saturated rings. The van der Waals surface area contributed by atoms with Gasteiger partial charge in [0.2, 0.25) is 5.82 Å². The third kappa shape index (κ3) is 28.4.